The van der Waals surface area contributed by atoms with Gasteiger partial charge >= 0.3 is 0 Å². The number of thioether (sulfide) groups is 1. The van der Waals surface area contributed by atoms with Crippen molar-refractivity contribution in [3.63, 3.8) is 0 Å². The van der Waals surface area contributed by atoms with E-state index in [2.05, 4.69) is 36.3 Å². The second kappa shape index (κ2) is 4.86. The molecule has 1 aromatic heterocycles. The third-order valence-corrected chi connectivity index (χ3v) is 3.04. The average molecular weight is 224 g/mol. The molecule has 1 N–H and O–H groups in total. The van der Waals surface area contributed by atoms with Crippen LogP contribution < -0.4 is 10.1 Å². The summed E-state index contributed by atoms with van der Waals surface area (Å²) in [6.07, 6.45) is 0. The van der Waals surface area contributed by atoms with Gasteiger partial charge in [-0.1, -0.05) is 13.8 Å². The number of aromatic nitrogens is 1. The standard InChI is InChI=1S/C11H16N2OS/c1-8(2)15-10-4-3-9-7-12-5-6-14-11(9)13-10/h3-4,8,12H,5-7H2,1-2H3. The van der Waals surface area contributed by atoms with E-state index in [9.17, 15) is 0 Å². The minimum Gasteiger partial charge on any atom is -0.476 e. The van der Waals surface area contributed by atoms with E-state index in [0.717, 1.165) is 29.6 Å². The second-order valence-electron chi connectivity index (χ2n) is 3.81. The van der Waals surface area contributed by atoms with E-state index in [1.54, 1.807) is 11.8 Å². The molecule has 0 saturated carbocycles. The molecule has 0 spiro atoms. The summed E-state index contributed by atoms with van der Waals surface area (Å²) in [4.78, 5) is 4.51. The van der Waals surface area contributed by atoms with Crippen LogP contribution in [-0.2, 0) is 6.54 Å². The van der Waals surface area contributed by atoms with E-state index < -0.39 is 0 Å². The normalized spacial score (nSPS) is 15.7. The van der Waals surface area contributed by atoms with Crippen molar-refractivity contribution in [2.75, 3.05) is 13.2 Å². The molecule has 0 unspecified atom stereocenters. The van der Waals surface area contributed by atoms with Crippen LogP contribution in [0.25, 0.3) is 0 Å². The number of hydrogen-bond donors (Lipinski definition) is 1. The Balaban J connectivity index is 2.20. The Hall–Kier alpha value is -0.740. The number of pyridine rings is 1. The minimum atomic E-state index is 0.555. The topological polar surface area (TPSA) is 34.1 Å². The predicted octanol–water partition coefficient (Wildman–Crippen LogP) is 2.06. The van der Waals surface area contributed by atoms with Crippen LogP contribution in [0.3, 0.4) is 0 Å². The minimum absolute atomic E-state index is 0.555. The van der Waals surface area contributed by atoms with Crippen LogP contribution in [0.5, 0.6) is 5.88 Å². The number of nitrogens with zero attached hydrogens (tertiary/aromatic N) is 1. The van der Waals surface area contributed by atoms with E-state index in [1.807, 2.05) is 0 Å². The van der Waals surface area contributed by atoms with Crippen molar-refractivity contribution < 1.29 is 4.74 Å². The molecule has 0 aromatic carbocycles. The lowest BCUT2D eigenvalue weighted by atomic mass is 10.3. The van der Waals surface area contributed by atoms with Gasteiger partial charge < -0.3 is 10.1 Å². The van der Waals surface area contributed by atoms with Gasteiger partial charge in [-0.25, -0.2) is 4.98 Å². The predicted molar refractivity (Wildman–Crippen MR) is 62.4 cm³/mol. The van der Waals surface area contributed by atoms with Gasteiger partial charge in [0.25, 0.3) is 0 Å². The molecule has 15 heavy (non-hydrogen) atoms. The molecule has 0 amide bonds. The molecule has 1 aromatic rings. The molecule has 0 atom stereocenters. The summed E-state index contributed by atoms with van der Waals surface area (Å²) in [6, 6.07) is 4.17. The number of fused-ring (bicyclic) bond motifs is 1. The van der Waals surface area contributed by atoms with Crippen LogP contribution in [0.1, 0.15) is 19.4 Å². The monoisotopic (exact) mass is 224 g/mol. The Morgan fingerprint density at radius 1 is 1.47 bits per heavy atom. The van der Waals surface area contributed by atoms with Gasteiger partial charge in [0.1, 0.15) is 11.6 Å². The Labute approximate surface area is 94.6 Å². The van der Waals surface area contributed by atoms with Gasteiger partial charge in [0.15, 0.2) is 0 Å². The molecular weight excluding hydrogens is 208 g/mol. The van der Waals surface area contributed by atoms with Gasteiger partial charge in [0, 0.05) is 23.9 Å². The first-order chi connectivity index (χ1) is 7.25. The van der Waals surface area contributed by atoms with Crippen molar-refractivity contribution >= 4 is 11.8 Å². The lowest BCUT2D eigenvalue weighted by Crippen LogP contribution is -2.16. The molecular formula is C11H16N2OS. The molecule has 0 aliphatic carbocycles. The van der Waals surface area contributed by atoms with Gasteiger partial charge in [-0.3, -0.25) is 0 Å². The van der Waals surface area contributed by atoms with Crippen molar-refractivity contribution in [3.05, 3.63) is 17.7 Å². The van der Waals surface area contributed by atoms with Crippen molar-refractivity contribution in [1.29, 1.82) is 0 Å². The SMILES string of the molecule is CC(C)Sc1ccc2c(n1)OCCNC2. The Bertz CT molecular complexity index is 341. The van der Waals surface area contributed by atoms with Gasteiger partial charge in [-0.15, -0.1) is 11.8 Å². The fourth-order valence-corrected chi connectivity index (χ4v) is 2.23. The Kier molecular flexibility index (Phi) is 3.49. The molecule has 0 fully saturated rings. The molecule has 1 aliphatic heterocycles. The highest BCUT2D eigenvalue weighted by molar-refractivity contribution is 7.99. The highest BCUT2D eigenvalue weighted by atomic mass is 32.2. The quantitative estimate of drug-likeness (QED) is 0.780. The van der Waals surface area contributed by atoms with Crippen molar-refractivity contribution in [1.82, 2.24) is 10.3 Å². The lowest BCUT2D eigenvalue weighted by molar-refractivity contribution is 0.312. The summed E-state index contributed by atoms with van der Waals surface area (Å²) in [5.41, 5.74) is 1.15. The van der Waals surface area contributed by atoms with Crippen LogP contribution in [0.4, 0.5) is 0 Å². The van der Waals surface area contributed by atoms with Crippen LogP contribution in [-0.4, -0.2) is 23.4 Å². The number of ether oxygens (including phenoxy) is 1. The zero-order valence-electron chi connectivity index (χ0n) is 9.12. The number of rotatable bonds is 2. The third-order valence-electron chi connectivity index (χ3n) is 2.10. The molecule has 2 rings (SSSR count). The first-order valence-electron chi connectivity index (χ1n) is 5.26. The van der Waals surface area contributed by atoms with Gasteiger partial charge in [0.2, 0.25) is 5.88 Å². The van der Waals surface area contributed by atoms with Crippen molar-refractivity contribution in [3.8, 4) is 5.88 Å². The zero-order valence-corrected chi connectivity index (χ0v) is 9.93. The van der Waals surface area contributed by atoms with Crippen LogP contribution in [0, 0.1) is 0 Å². The summed E-state index contributed by atoms with van der Waals surface area (Å²) in [5.74, 6) is 0.797. The fraction of sp³-hybridized carbons (Fsp3) is 0.545. The second-order valence-corrected chi connectivity index (χ2v) is 5.40. The maximum Gasteiger partial charge on any atom is 0.218 e. The average Bonchev–Trinajstić information content (AvgIpc) is 2.41. The first kappa shape index (κ1) is 10.8. The van der Waals surface area contributed by atoms with Gasteiger partial charge in [0.05, 0.1) is 0 Å². The molecule has 2 heterocycles. The zero-order chi connectivity index (χ0) is 10.7. The summed E-state index contributed by atoms with van der Waals surface area (Å²) in [5, 5.41) is 4.89. The number of nitrogens with one attached hydrogen (secondary N) is 1. The first-order valence-corrected chi connectivity index (χ1v) is 6.14. The molecule has 0 saturated heterocycles. The summed E-state index contributed by atoms with van der Waals surface area (Å²) >= 11 is 1.77. The van der Waals surface area contributed by atoms with Crippen molar-refractivity contribution in [2.24, 2.45) is 0 Å². The molecule has 4 heteroatoms. The van der Waals surface area contributed by atoms with Gasteiger partial charge in [-0.2, -0.15) is 0 Å². The smallest absolute Gasteiger partial charge is 0.218 e. The molecule has 1 aliphatic rings. The highest BCUT2D eigenvalue weighted by Crippen LogP contribution is 2.26. The van der Waals surface area contributed by atoms with Crippen LogP contribution in [0.2, 0.25) is 0 Å². The summed E-state index contributed by atoms with van der Waals surface area (Å²) in [6.45, 7) is 6.79. The summed E-state index contributed by atoms with van der Waals surface area (Å²) in [7, 11) is 0. The van der Waals surface area contributed by atoms with E-state index in [-0.39, 0.29) is 0 Å². The largest absolute Gasteiger partial charge is 0.476 e. The summed E-state index contributed by atoms with van der Waals surface area (Å²) < 4.78 is 5.58. The Morgan fingerprint density at radius 3 is 3.13 bits per heavy atom. The maximum absolute atomic E-state index is 5.58. The van der Waals surface area contributed by atoms with Crippen LogP contribution >= 0.6 is 11.8 Å². The number of hydrogen-bond acceptors (Lipinski definition) is 4. The third kappa shape index (κ3) is 2.86. The van der Waals surface area contributed by atoms with Gasteiger partial charge in [-0.05, 0) is 12.1 Å². The van der Waals surface area contributed by atoms with Crippen LogP contribution in [0.15, 0.2) is 17.2 Å². The van der Waals surface area contributed by atoms with E-state index in [0.29, 0.717) is 11.9 Å². The molecule has 82 valence electrons. The lowest BCUT2D eigenvalue weighted by Gasteiger charge is -2.08. The highest BCUT2D eigenvalue weighted by Gasteiger charge is 2.11. The molecule has 3 nitrogen and oxygen atoms in total. The molecule has 0 radical (unpaired) electrons. The fourth-order valence-electron chi connectivity index (χ4n) is 1.46. The van der Waals surface area contributed by atoms with Crippen molar-refractivity contribution in [2.45, 2.75) is 30.7 Å². The molecule has 0 bridgehead atoms. The maximum atomic E-state index is 5.58. The van der Waals surface area contributed by atoms with E-state index in [4.69, 9.17) is 4.74 Å². The van der Waals surface area contributed by atoms with E-state index in [1.165, 1.54) is 0 Å². The Morgan fingerprint density at radius 2 is 2.33 bits per heavy atom. The van der Waals surface area contributed by atoms with E-state index >= 15 is 0 Å².